The van der Waals surface area contributed by atoms with Gasteiger partial charge in [0.25, 0.3) is 0 Å². The fraction of sp³-hybridized carbons (Fsp3) is 0.368. The normalized spacial score (nSPS) is 10.5. The van der Waals surface area contributed by atoms with E-state index in [1.54, 1.807) is 25.3 Å². The summed E-state index contributed by atoms with van der Waals surface area (Å²) in [5.74, 6) is 1.51. The van der Waals surface area contributed by atoms with Crippen LogP contribution < -0.4 is 14.8 Å². The predicted octanol–water partition coefficient (Wildman–Crippen LogP) is 5.29. The summed E-state index contributed by atoms with van der Waals surface area (Å²) in [4.78, 5) is 0. The molecule has 0 aliphatic rings. The highest BCUT2D eigenvalue weighted by Crippen LogP contribution is 2.27. The fourth-order valence-corrected chi connectivity index (χ4v) is 2.61. The first-order chi connectivity index (χ1) is 12.2. The molecule has 0 aliphatic carbocycles. The van der Waals surface area contributed by atoms with Crippen molar-refractivity contribution in [2.24, 2.45) is 0 Å². The van der Waals surface area contributed by atoms with Crippen molar-refractivity contribution < 1.29 is 14.2 Å². The van der Waals surface area contributed by atoms with Gasteiger partial charge < -0.3 is 19.5 Å². The van der Waals surface area contributed by atoms with Crippen molar-refractivity contribution in [2.45, 2.75) is 12.8 Å². The molecule has 0 unspecified atom stereocenters. The molecule has 0 spiro atoms. The third-order valence-corrected chi connectivity index (χ3v) is 3.99. The Labute approximate surface area is 159 Å². The highest BCUT2D eigenvalue weighted by Gasteiger charge is 2.02. The van der Waals surface area contributed by atoms with Gasteiger partial charge in [-0.3, -0.25) is 0 Å². The molecule has 0 radical (unpaired) electrons. The van der Waals surface area contributed by atoms with E-state index in [-0.39, 0.29) is 0 Å². The Morgan fingerprint density at radius 2 is 1.68 bits per heavy atom. The number of unbranched alkanes of at least 4 members (excludes halogenated alkanes) is 1. The molecule has 1 N–H and O–H groups in total. The summed E-state index contributed by atoms with van der Waals surface area (Å²) in [6.45, 7) is 2.64. The zero-order valence-corrected chi connectivity index (χ0v) is 15.8. The molecule has 0 aromatic heterocycles. The molecule has 0 atom stereocenters. The number of hydrogen-bond acceptors (Lipinski definition) is 4. The largest absolute Gasteiger partial charge is 0.492 e. The van der Waals surface area contributed by atoms with E-state index < -0.39 is 0 Å². The second-order valence-electron chi connectivity index (χ2n) is 5.42. The van der Waals surface area contributed by atoms with Gasteiger partial charge in [-0.1, -0.05) is 23.2 Å². The van der Waals surface area contributed by atoms with Crippen molar-refractivity contribution >= 4 is 28.9 Å². The average molecular weight is 384 g/mol. The molecule has 136 valence electrons. The van der Waals surface area contributed by atoms with E-state index in [9.17, 15) is 0 Å². The van der Waals surface area contributed by atoms with Crippen LogP contribution in [0.1, 0.15) is 12.8 Å². The van der Waals surface area contributed by atoms with Crippen molar-refractivity contribution in [3.63, 3.8) is 0 Å². The molecule has 4 nitrogen and oxygen atoms in total. The van der Waals surface area contributed by atoms with Gasteiger partial charge >= 0.3 is 0 Å². The lowest BCUT2D eigenvalue weighted by atomic mass is 10.2. The smallest absolute Gasteiger partial charge is 0.137 e. The molecule has 2 aromatic rings. The minimum Gasteiger partial charge on any atom is -0.492 e. The second kappa shape index (κ2) is 11.1. The van der Waals surface area contributed by atoms with E-state index in [4.69, 9.17) is 37.4 Å². The Balaban J connectivity index is 1.59. The summed E-state index contributed by atoms with van der Waals surface area (Å²) in [6.07, 6.45) is 1.93. The van der Waals surface area contributed by atoms with Crippen LogP contribution in [0.15, 0.2) is 42.5 Å². The number of ether oxygens (including phenoxy) is 3. The highest BCUT2D eigenvalue weighted by molar-refractivity contribution is 6.35. The van der Waals surface area contributed by atoms with Crippen LogP contribution in [-0.4, -0.2) is 33.5 Å². The standard InChI is InChI=1S/C19H23Cl2NO3/c1-23-12-13-24-17-7-5-16(6-8-17)22-10-2-3-11-25-19-9-4-15(20)14-18(19)21/h4-9,14,22H,2-3,10-13H2,1H3. The van der Waals surface area contributed by atoms with Crippen molar-refractivity contribution in [1.29, 1.82) is 0 Å². The van der Waals surface area contributed by atoms with Gasteiger partial charge in [0.15, 0.2) is 0 Å². The summed E-state index contributed by atoms with van der Waals surface area (Å²) >= 11 is 11.9. The van der Waals surface area contributed by atoms with Gasteiger partial charge in [0, 0.05) is 24.4 Å². The Morgan fingerprint density at radius 1 is 0.880 bits per heavy atom. The average Bonchev–Trinajstić information content (AvgIpc) is 2.61. The van der Waals surface area contributed by atoms with Crippen LogP contribution in [0.2, 0.25) is 10.0 Å². The van der Waals surface area contributed by atoms with E-state index in [1.807, 2.05) is 24.3 Å². The van der Waals surface area contributed by atoms with E-state index in [0.717, 1.165) is 30.8 Å². The first-order valence-electron chi connectivity index (χ1n) is 8.22. The Hall–Kier alpha value is -1.62. The molecule has 2 rings (SSSR count). The zero-order valence-electron chi connectivity index (χ0n) is 14.3. The van der Waals surface area contributed by atoms with E-state index in [2.05, 4.69) is 5.32 Å². The first kappa shape index (κ1) is 19.7. The molecular formula is C19H23Cl2NO3. The fourth-order valence-electron chi connectivity index (χ4n) is 2.15. The van der Waals surface area contributed by atoms with Crippen LogP contribution >= 0.6 is 23.2 Å². The molecule has 0 aliphatic heterocycles. The summed E-state index contributed by atoms with van der Waals surface area (Å²) in [5.41, 5.74) is 1.07. The van der Waals surface area contributed by atoms with Gasteiger partial charge in [0.2, 0.25) is 0 Å². The third kappa shape index (κ3) is 7.43. The Bertz CT molecular complexity index is 635. The molecule has 0 fully saturated rings. The van der Waals surface area contributed by atoms with Gasteiger partial charge in [-0.25, -0.2) is 0 Å². The van der Waals surface area contributed by atoms with Crippen LogP contribution in [0.5, 0.6) is 11.5 Å². The number of hydrogen-bond donors (Lipinski definition) is 1. The number of nitrogens with one attached hydrogen (secondary N) is 1. The maximum atomic E-state index is 6.06. The molecule has 0 amide bonds. The van der Waals surface area contributed by atoms with E-state index in [0.29, 0.717) is 35.6 Å². The summed E-state index contributed by atoms with van der Waals surface area (Å²) < 4.78 is 16.1. The highest BCUT2D eigenvalue weighted by atomic mass is 35.5. The number of anilines is 1. The van der Waals surface area contributed by atoms with Gasteiger partial charge in [-0.05, 0) is 55.3 Å². The molecule has 25 heavy (non-hydrogen) atoms. The molecule has 0 saturated heterocycles. The van der Waals surface area contributed by atoms with Crippen LogP contribution in [0, 0.1) is 0 Å². The van der Waals surface area contributed by atoms with Crippen molar-refractivity contribution in [3.05, 3.63) is 52.5 Å². The van der Waals surface area contributed by atoms with Gasteiger partial charge in [0.05, 0.1) is 18.2 Å². The molecule has 6 heteroatoms. The minimum atomic E-state index is 0.540. The van der Waals surface area contributed by atoms with Crippen molar-refractivity contribution in [3.8, 4) is 11.5 Å². The van der Waals surface area contributed by atoms with E-state index in [1.165, 1.54) is 0 Å². The molecule has 0 bridgehead atoms. The van der Waals surface area contributed by atoms with E-state index >= 15 is 0 Å². The van der Waals surface area contributed by atoms with Crippen LogP contribution in [0.4, 0.5) is 5.69 Å². The summed E-state index contributed by atoms with van der Waals surface area (Å²) in [5, 5.41) is 4.53. The third-order valence-electron chi connectivity index (χ3n) is 3.46. The van der Waals surface area contributed by atoms with Gasteiger partial charge in [-0.15, -0.1) is 0 Å². The molecule has 0 heterocycles. The Morgan fingerprint density at radius 3 is 2.40 bits per heavy atom. The topological polar surface area (TPSA) is 39.7 Å². The lowest BCUT2D eigenvalue weighted by Crippen LogP contribution is -2.06. The van der Waals surface area contributed by atoms with Crippen LogP contribution in [0.25, 0.3) is 0 Å². The maximum absolute atomic E-state index is 6.06. The minimum absolute atomic E-state index is 0.540. The van der Waals surface area contributed by atoms with Crippen LogP contribution in [-0.2, 0) is 4.74 Å². The second-order valence-corrected chi connectivity index (χ2v) is 6.27. The van der Waals surface area contributed by atoms with Gasteiger partial charge in [0.1, 0.15) is 18.1 Å². The van der Waals surface area contributed by atoms with Gasteiger partial charge in [-0.2, -0.15) is 0 Å². The van der Waals surface area contributed by atoms with Crippen LogP contribution in [0.3, 0.4) is 0 Å². The molecular weight excluding hydrogens is 361 g/mol. The molecule has 0 saturated carbocycles. The predicted molar refractivity (Wildman–Crippen MR) is 103 cm³/mol. The molecule has 2 aromatic carbocycles. The lowest BCUT2D eigenvalue weighted by Gasteiger charge is -2.10. The number of rotatable bonds is 11. The zero-order chi connectivity index (χ0) is 17.9. The summed E-state index contributed by atoms with van der Waals surface area (Å²) in [7, 11) is 1.66. The number of halogens is 2. The maximum Gasteiger partial charge on any atom is 0.137 e. The first-order valence-corrected chi connectivity index (χ1v) is 8.98. The number of benzene rings is 2. The Kier molecular flexibility index (Phi) is 8.73. The lowest BCUT2D eigenvalue weighted by molar-refractivity contribution is 0.146. The summed E-state index contributed by atoms with van der Waals surface area (Å²) in [6, 6.07) is 13.2. The SMILES string of the molecule is COCCOc1ccc(NCCCCOc2ccc(Cl)cc2Cl)cc1. The monoisotopic (exact) mass is 383 g/mol. The van der Waals surface area contributed by atoms with Crippen molar-refractivity contribution in [2.75, 3.05) is 38.8 Å². The number of methoxy groups -OCH3 is 1. The quantitative estimate of drug-likeness (QED) is 0.535. The van der Waals surface area contributed by atoms with Crippen molar-refractivity contribution in [1.82, 2.24) is 0 Å².